The number of aliphatic hydroxyl groups excluding tert-OH is 7. The Morgan fingerprint density at radius 1 is 0.625 bits per heavy atom. The van der Waals surface area contributed by atoms with E-state index in [0.29, 0.717) is 12.8 Å². The molecule has 9 N–H and O–H groups in total. The van der Waals surface area contributed by atoms with Crippen molar-refractivity contribution in [2.75, 3.05) is 6.61 Å². The summed E-state index contributed by atoms with van der Waals surface area (Å²) in [6, 6.07) is -1.23. The van der Waals surface area contributed by atoms with Crippen LogP contribution in [0.3, 0.4) is 0 Å². The molecule has 1 aliphatic rings. The van der Waals surface area contributed by atoms with E-state index < -0.39 is 75.2 Å². The molecule has 0 spiro atoms. The summed E-state index contributed by atoms with van der Waals surface area (Å²) in [5.74, 6) is -0.593. The summed E-state index contributed by atoms with van der Waals surface area (Å²) in [6.45, 7) is 3.69. The zero-order chi connectivity index (χ0) is 41.6. The summed E-state index contributed by atoms with van der Waals surface area (Å²) < 4.78 is 22.8. The van der Waals surface area contributed by atoms with Crippen molar-refractivity contribution in [3.8, 4) is 0 Å². The average molecular weight is 824 g/mol. The predicted octanol–water partition coefficient (Wildman–Crippen LogP) is 6.64. The maximum Gasteiger partial charge on any atom is 0.472 e. The van der Waals surface area contributed by atoms with Gasteiger partial charge in [-0.1, -0.05) is 174 Å². The monoisotopic (exact) mass is 824 g/mol. The summed E-state index contributed by atoms with van der Waals surface area (Å²) in [7, 11) is -5.13. The van der Waals surface area contributed by atoms with Gasteiger partial charge in [0.2, 0.25) is 5.91 Å². The minimum absolute atomic E-state index is 0.240. The van der Waals surface area contributed by atoms with Gasteiger partial charge in [-0.05, 0) is 19.3 Å². The lowest BCUT2D eigenvalue weighted by atomic mass is 9.85. The van der Waals surface area contributed by atoms with Gasteiger partial charge in [0, 0.05) is 0 Å². The molecule has 1 rings (SSSR count). The molecule has 0 bridgehead atoms. The second-order valence-electron chi connectivity index (χ2n) is 16.1. The van der Waals surface area contributed by atoms with Crippen molar-refractivity contribution in [1.29, 1.82) is 0 Å². The molecule has 1 fully saturated rings. The standard InChI is InChI=1S/C42H82NO12P/c1-3-5-7-9-11-13-14-15-16-17-18-19-20-22-23-25-27-29-33(44)31-36(46)43-34(35(45)30-28-26-24-21-12-10-8-6-4-2)32-54-56(52,53)55-42-40(50)38(48)37(47)39(49)41(42)51/h28,30,33-35,37-42,44-45,47-51H,3-27,29,31-32H2,1-2H3,(H,43,46)(H,52,53)/b30-28+. The molecule has 0 aromatic rings. The Balaban J connectivity index is 2.49. The number of carbonyl (C=O) groups is 1. The third-order valence-corrected chi connectivity index (χ3v) is 11.9. The van der Waals surface area contributed by atoms with E-state index >= 15 is 0 Å². The highest BCUT2D eigenvalue weighted by molar-refractivity contribution is 7.47. The van der Waals surface area contributed by atoms with Crippen LogP contribution < -0.4 is 5.32 Å². The summed E-state index contributed by atoms with van der Waals surface area (Å²) in [6.07, 6.45) is 19.0. The second kappa shape index (κ2) is 32.8. The number of phosphoric acid groups is 1. The van der Waals surface area contributed by atoms with Gasteiger partial charge in [-0.3, -0.25) is 13.8 Å². The van der Waals surface area contributed by atoms with Crippen LogP contribution in [0, 0.1) is 0 Å². The Bertz CT molecular complexity index is 1020. The van der Waals surface area contributed by atoms with E-state index in [1.54, 1.807) is 6.08 Å². The van der Waals surface area contributed by atoms with Crippen molar-refractivity contribution < 1.29 is 59.0 Å². The molecule has 0 radical (unpaired) electrons. The average Bonchev–Trinajstić information content (AvgIpc) is 3.17. The maximum absolute atomic E-state index is 12.9. The highest BCUT2D eigenvalue weighted by Gasteiger charge is 2.51. The van der Waals surface area contributed by atoms with Crippen LogP contribution in [0.5, 0.6) is 0 Å². The van der Waals surface area contributed by atoms with E-state index in [1.165, 1.54) is 115 Å². The fraction of sp³-hybridized carbons (Fsp3) is 0.929. The number of allylic oxidation sites excluding steroid dienone is 1. The zero-order valence-corrected chi connectivity index (χ0v) is 35.7. The SMILES string of the molecule is CCCCCCCCC/C=C/C(O)C(COP(=O)(O)OC1C(O)C(O)C(O)C(O)C1O)NC(=O)CC(O)CCCCCCCCCCCCCCCCCCC. The van der Waals surface area contributed by atoms with Gasteiger partial charge in [0.15, 0.2) is 0 Å². The van der Waals surface area contributed by atoms with Gasteiger partial charge in [-0.15, -0.1) is 0 Å². The highest BCUT2D eigenvalue weighted by atomic mass is 31.2. The van der Waals surface area contributed by atoms with Crippen LogP contribution in [0.2, 0.25) is 0 Å². The molecule has 14 heteroatoms. The van der Waals surface area contributed by atoms with E-state index in [9.17, 15) is 50.0 Å². The Morgan fingerprint density at radius 3 is 1.46 bits per heavy atom. The quantitative estimate of drug-likeness (QED) is 0.0184. The van der Waals surface area contributed by atoms with Crippen molar-refractivity contribution in [1.82, 2.24) is 5.32 Å². The number of amides is 1. The van der Waals surface area contributed by atoms with Gasteiger partial charge < -0.3 is 46.0 Å². The molecule has 1 aliphatic carbocycles. The Morgan fingerprint density at radius 2 is 1.02 bits per heavy atom. The van der Waals surface area contributed by atoms with Crippen molar-refractivity contribution >= 4 is 13.7 Å². The number of rotatable bonds is 36. The Kier molecular flexibility index (Phi) is 31.1. The van der Waals surface area contributed by atoms with Crippen molar-refractivity contribution in [3.63, 3.8) is 0 Å². The lowest BCUT2D eigenvalue weighted by Gasteiger charge is -2.41. The molecular formula is C42H82NO12P. The van der Waals surface area contributed by atoms with E-state index in [1.807, 2.05) is 0 Å². The molecule has 0 aromatic carbocycles. The molecule has 0 aliphatic heterocycles. The topological polar surface area (TPSA) is 226 Å². The van der Waals surface area contributed by atoms with Gasteiger partial charge in [0.25, 0.3) is 0 Å². The first kappa shape index (κ1) is 53.1. The third kappa shape index (κ3) is 24.8. The maximum atomic E-state index is 12.9. The molecule has 8 unspecified atom stereocenters. The Hall–Kier alpha value is -0.960. The van der Waals surface area contributed by atoms with Gasteiger partial charge in [-0.2, -0.15) is 0 Å². The molecule has 1 amide bonds. The first-order valence-electron chi connectivity index (χ1n) is 22.2. The van der Waals surface area contributed by atoms with Gasteiger partial charge in [0.1, 0.15) is 36.6 Å². The molecular weight excluding hydrogens is 741 g/mol. The lowest BCUT2D eigenvalue weighted by molar-refractivity contribution is -0.220. The summed E-state index contributed by atoms with van der Waals surface area (Å²) >= 11 is 0. The number of nitrogens with one attached hydrogen (secondary N) is 1. The van der Waals surface area contributed by atoms with Crippen LogP contribution in [0.25, 0.3) is 0 Å². The van der Waals surface area contributed by atoms with Crippen LogP contribution in [0.1, 0.15) is 187 Å². The first-order valence-corrected chi connectivity index (χ1v) is 23.7. The minimum atomic E-state index is -5.13. The Labute approximate surface area is 338 Å². The largest absolute Gasteiger partial charge is 0.472 e. The summed E-state index contributed by atoms with van der Waals surface area (Å²) in [4.78, 5) is 23.3. The fourth-order valence-electron chi connectivity index (χ4n) is 7.18. The van der Waals surface area contributed by atoms with Crippen LogP contribution >= 0.6 is 7.82 Å². The van der Waals surface area contributed by atoms with E-state index in [-0.39, 0.29) is 6.42 Å². The number of phosphoric ester groups is 1. The van der Waals surface area contributed by atoms with E-state index in [4.69, 9.17) is 9.05 Å². The first-order chi connectivity index (χ1) is 26.8. The molecule has 13 nitrogen and oxygen atoms in total. The van der Waals surface area contributed by atoms with Crippen LogP contribution in [0.4, 0.5) is 0 Å². The second-order valence-corrected chi connectivity index (χ2v) is 17.5. The van der Waals surface area contributed by atoms with E-state index in [2.05, 4.69) is 19.2 Å². The number of unbranched alkanes of at least 4 members (excludes halogenated alkanes) is 23. The molecule has 0 saturated heterocycles. The normalized spacial score (nSPS) is 24.2. The van der Waals surface area contributed by atoms with Crippen molar-refractivity contribution in [3.05, 3.63) is 12.2 Å². The number of hydrogen-bond acceptors (Lipinski definition) is 11. The number of hydrogen-bond donors (Lipinski definition) is 9. The molecule has 56 heavy (non-hydrogen) atoms. The summed E-state index contributed by atoms with van der Waals surface area (Å²) in [5, 5.41) is 74.2. The molecule has 0 heterocycles. The fourth-order valence-corrected chi connectivity index (χ4v) is 8.15. The van der Waals surface area contributed by atoms with Gasteiger partial charge in [-0.25, -0.2) is 4.57 Å². The molecule has 332 valence electrons. The zero-order valence-electron chi connectivity index (χ0n) is 34.8. The highest BCUT2D eigenvalue weighted by Crippen LogP contribution is 2.47. The third-order valence-electron chi connectivity index (χ3n) is 10.9. The van der Waals surface area contributed by atoms with Crippen LogP contribution in [-0.4, -0.2) is 108 Å². The van der Waals surface area contributed by atoms with Crippen LogP contribution in [-0.2, 0) is 18.4 Å². The summed E-state index contributed by atoms with van der Waals surface area (Å²) in [5.41, 5.74) is 0. The number of carbonyl (C=O) groups excluding carboxylic acids is 1. The molecule has 1 saturated carbocycles. The van der Waals surface area contributed by atoms with E-state index in [0.717, 1.165) is 44.9 Å². The minimum Gasteiger partial charge on any atom is -0.393 e. The molecule has 8 atom stereocenters. The lowest BCUT2D eigenvalue weighted by Crippen LogP contribution is -2.64. The smallest absolute Gasteiger partial charge is 0.393 e. The van der Waals surface area contributed by atoms with Crippen LogP contribution in [0.15, 0.2) is 12.2 Å². The van der Waals surface area contributed by atoms with Crippen molar-refractivity contribution in [2.24, 2.45) is 0 Å². The van der Waals surface area contributed by atoms with Gasteiger partial charge >= 0.3 is 7.82 Å². The molecule has 0 aromatic heterocycles. The number of aliphatic hydroxyl groups is 7. The predicted molar refractivity (Wildman–Crippen MR) is 220 cm³/mol. The van der Waals surface area contributed by atoms with Gasteiger partial charge in [0.05, 0.1) is 31.3 Å². The van der Waals surface area contributed by atoms with Crippen molar-refractivity contribution in [2.45, 2.75) is 242 Å².